The van der Waals surface area contributed by atoms with Gasteiger partial charge in [-0.3, -0.25) is 0 Å². The van der Waals surface area contributed by atoms with E-state index in [9.17, 15) is 13.2 Å². The summed E-state index contributed by atoms with van der Waals surface area (Å²) < 4.78 is 32.0. The van der Waals surface area contributed by atoms with Crippen LogP contribution in [0.15, 0.2) is 14.7 Å². The molecule has 1 rings (SSSR count). The molecule has 19 heavy (non-hydrogen) atoms. The molecular formula is C10H14BrNO5S2. The van der Waals surface area contributed by atoms with Crippen LogP contribution in [0.4, 0.5) is 0 Å². The quantitative estimate of drug-likeness (QED) is 0.763. The van der Waals surface area contributed by atoms with Gasteiger partial charge in [0.25, 0.3) is 0 Å². The zero-order valence-electron chi connectivity index (χ0n) is 10.3. The number of hydrogen-bond donors (Lipinski definition) is 2. The minimum Gasteiger partial charge on any atom is -0.477 e. The average molecular weight is 372 g/mol. The Hall–Kier alpha value is -0.480. The van der Waals surface area contributed by atoms with Gasteiger partial charge in [0.1, 0.15) is 9.77 Å². The first kappa shape index (κ1) is 16.6. The van der Waals surface area contributed by atoms with Crippen LogP contribution in [0, 0.1) is 0 Å². The predicted octanol–water partition coefficient (Wildman–Crippen LogP) is 1.91. The Morgan fingerprint density at radius 2 is 2.26 bits per heavy atom. The van der Waals surface area contributed by atoms with Crippen LogP contribution < -0.4 is 4.72 Å². The fraction of sp³-hybridized carbons (Fsp3) is 0.500. The smallest absolute Gasteiger partial charge is 0.345 e. The number of hydrogen-bond acceptors (Lipinski definition) is 5. The highest BCUT2D eigenvalue weighted by Crippen LogP contribution is 2.31. The fourth-order valence-corrected chi connectivity index (χ4v) is 4.93. The molecule has 0 saturated heterocycles. The average Bonchev–Trinajstić information content (AvgIpc) is 2.69. The molecule has 0 aliphatic carbocycles. The van der Waals surface area contributed by atoms with Crippen molar-refractivity contribution < 1.29 is 23.1 Å². The fourth-order valence-electron chi connectivity index (χ4n) is 1.30. The summed E-state index contributed by atoms with van der Waals surface area (Å²) in [6.07, 6.45) is 0. The maximum absolute atomic E-state index is 12.1. The number of rotatable bonds is 7. The van der Waals surface area contributed by atoms with Crippen LogP contribution >= 0.6 is 27.3 Å². The van der Waals surface area contributed by atoms with Gasteiger partial charge in [-0.15, -0.1) is 11.3 Å². The summed E-state index contributed by atoms with van der Waals surface area (Å²) >= 11 is 3.93. The van der Waals surface area contributed by atoms with Crippen molar-refractivity contribution in [2.45, 2.75) is 24.8 Å². The van der Waals surface area contributed by atoms with Gasteiger partial charge < -0.3 is 9.84 Å². The molecule has 0 spiro atoms. The number of nitrogens with one attached hydrogen (secondary N) is 1. The topological polar surface area (TPSA) is 92.7 Å². The molecule has 0 aliphatic heterocycles. The third kappa shape index (κ3) is 4.53. The molecule has 0 bridgehead atoms. The second-order valence-corrected chi connectivity index (χ2v) is 7.79. The third-order valence-corrected chi connectivity index (χ3v) is 5.91. The molecule has 1 unspecified atom stereocenters. The molecule has 0 saturated carbocycles. The van der Waals surface area contributed by atoms with Crippen LogP contribution in [0.5, 0.6) is 0 Å². The van der Waals surface area contributed by atoms with E-state index in [2.05, 4.69) is 20.7 Å². The van der Waals surface area contributed by atoms with Crippen molar-refractivity contribution in [1.29, 1.82) is 0 Å². The summed E-state index contributed by atoms with van der Waals surface area (Å²) in [5.41, 5.74) is 0. The number of thiophene rings is 1. The monoisotopic (exact) mass is 371 g/mol. The summed E-state index contributed by atoms with van der Waals surface area (Å²) in [4.78, 5) is 10.7. The van der Waals surface area contributed by atoms with Crippen LogP contribution in [-0.2, 0) is 14.8 Å². The summed E-state index contributed by atoms with van der Waals surface area (Å²) in [5, 5.41) is 8.84. The Morgan fingerprint density at radius 1 is 1.63 bits per heavy atom. The summed E-state index contributed by atoms with van der Waals surface area (Å²) in [6, 6.07) is 0.734. The number of halogens is 1. The van der Waals surface area contributed by atoms with Crippen molar-refractivity contribution in [1.82, 2.24) is 4.72 Å². The molecule has 6 nitrogen and oxygen atoms in total. The molecule has 108 valence electrons. The van der Waals surface area contributed by atoms with Crippen molar-refractivity contribution >= 4 is 43.3 Å². The molecule has 0 aromatic carbocycles. The van der Waals surface area contributed by atoms with Crippen LogP contribution in [0.25, 0.3) is 0 Å². The lowest BCUT2D eigenvalue weighted by atomic mass is 10.4. The van der Waals surface area contributed by atoms with Crippen LogP contribution in [0.2, 0.25) is 0 Å². The van der Waals surface area contributed by atoms with E-state index in [1.165, 1.54) is 0 Å². The van der Waals surface area contributed by atoms with Gasteiger partial charge in [0.2, 0.25) is 10.0 Å². The van der Waals surface area contributed by atoms with E-state index < -0.39 is 22.0 Å². The van der Waals surface area contributed by atoms with Gasteiger partial charge in [0.05, 0.1) is 10.4 Å². The lowest BCUT2D eigenvalue weighted by Gasteiger charge is -2.13. The van der Waals surface area contributed by atoms with Gasteiger partial charge in [-0.1, -0.05) is 0 Å². The number of carbonyl (C=O) groups is 1. The molecule has 1 aromatic heterocycles. The molecule has 0 radical (unpaired) electrons. The van der Waals surface area contributed by atoms with Crippen LogP contribution in [0.1, 0.15) is 23.5 Å². The van der Waals surface area contributed by atoms with E-state index in [0.29, 0.717) is 6.61 Å². The highest BCUT2D eigenvalue weighted by Gasteiger charge is 2.24. The Balaban J connectivity index is 2.91. The lowest BCUT2D eigenvalue weighted by molar-refractivity contribution is 0.0702. The first-order valence-corrected chi connectivity index (χ1v) is 8.50. The van der Waals surface area contributed by atoms with Gasteiger partial charge in [-0.25, -0.2) is 17.9 Å². The number of carboxylic acid groups (broad SMARTS) is 1. The summed E-state index contributed by atoms with van der Waals surface area (Å²) in [6.45, 7) is 4.24. The van der Waals surface area contributed by atoms with Crippen molar-refractivity contribution in [3.8, 4) is 0 Å². The SMILES string of the molecule is CCOCC(C)NS(=O)(=O)c1cc(C(=O)O)sc1Br. The highest BCUT2D eigenvalue weighted by molar-refractivity contribution is 9.11. The number of ether oxygens (including phenoxy) is 1. The van der Waals surface area contributed by atoms with Gasteiger partial charge in [-0.2, -0.15) is 0 Å². The van der Waals surface area contributed by atoms with E-state index in [-0.39, 0.29) is 20.2 Å². The molecule has 1 aromatic rings. The normalized spacial score (nSPS) is 13.4. The van der Waals surface area contributed by atoms with Crippen molar-refractivity contribution in [3.63, 3.8) is 0 Å². The molecule has 9 heteroatoms. The Bertz CT molecular complexity index is 554. The minimum atomic E-state index is -3.76. The highest BCUT2D eigenvalue weighted by atomic mass is 79.9. The zero-order chi connectivity index (χ0) is 14.6. The molecule has 0 amide bonds. The maximum atomic E-state index is 12.1. The molecule has 1 heterocycles. The predicted molar refractivity (Wildman–Crippen MR) is 75.3 cm³/mol. The van der Waals surface area contributed by atoms with E-state index >= 15 is 0 Å². The van der Waals surface area contributed by atoms with Crippen molar-refractivity contribution in [2.24, 2.45) is 0 Å². The van der Waals surface area contributed by atoms with E-state index in [1.54, 1.807) is 6.92 Å². The number of aromatic carboxylic acids is 1. The molecule has 2 N–H and O–H groups in total. The second-order valence-electron chi connectivity index (χ2n) is 3.74. The second kappa shape index (κ2) is 6.80. The zero-order valence-corrected chi connectivity index (χ0v) is 13.6. The van der Waals surface area contributed by atoms with Gasteiger partial charge in [0, 0.05) is 12.6 Å². The van der Waals surface area contributed by atoms with Gasteiger partial charge >= 0.3 is 5.97 Å². The number of carboxylic acids is 1. The third-order valence-electron chi connectivity index (χ3n) is 2.08. The Morgan fingerprint density at radius 3 is 2.74 bits per heavy atom. The molecule has 0 fully saturated rings. The molecular weight excluding hydrogens is 358 g/mol. The van der Waals surface area contributed by atoms with Crippen LogP contribution in [-0.4, -0.2) is 38.7 Å². The van der Waals surface area contributed by atoms with Crippen molar-refractivity contribution in [3.05, 3.63) is 14.7 Å². The minimum absolute atomic E-state index is 0.0373. The Kier molecular flexibility index (Phi) is 5.93. The largest absolute Gasteiger partial charge is 0.477 e. The van der Waals surface area contributed by atoms with Gasteiger partial charge in [-0.05, 0) is 35.8 Å². The molecule has 0 aliphatic rings. The van der Waals surface area contributed by atoms with Crippen LogP contribution in [0.3, 0.4) is 0 Å². The number of sulfonamides is 1. The standard InChI is InChI=1S/C10H14BrNO5S2/c1-3-17-5-6(2)12-19(15,16)8-4-7(10(13)14)18-9(8)11/h4,6,12H,3,5H2,1-2H3,(H,13,14). The summed E-state index contributed by atoms with van der Waals surface area (Å²) in [5.74, 6) is -1.16. The Labute approximate surface area is 124 Å². The van der Waals surface area contributed by atoms with Crippen molar-refractivity contribution in [2.75, 3.05) is 13.2 Å². The maximum Gasteiger partial charge on any atom is 0.345 e. The van der Waals surface area contributed by atoms with E-state index in [1.807, 2.05) is 6.92 Å². The first-order valence-electron chi connectivity index (χ1n) is 5.40. The lowest BCUT2D eigenvalue weighted by Crippen LogP contribution is -2.35. The first-order chi connectivity index (χ1) is 8.77. The van der Waals surface area contributed by atoms with Gasteiger partial charge in [0.15, 0.2) is 0 Å². The molecule has 1 atom stereocenters. The summed E-state index contributed by atoms with van der Waals surface area (Å²) in [7, 11) is -3.76. The van der Waals surface area contributed by atoms with E-state index in [0.717, 1.165) is 17.4 Å². The van der Waals surface area contributed by atoms with E-state index in [4.69, 9.17) is 9.84 Å².